The molecule has 1 aromatic carbocycles. The maximum absolute atomic E-state index is 11.0. The summed E-state index contributed by atoms with van der Waals surface area (Å²) in [6.07, 6.45) is 0. The highest BCUT2D eigenvalue weighted by Gasteiger charge is 2.19. The maximum Gasteiger partial charge on any atom is 0.339 e. The first-order valence-corrected chi connectivity index (χ1v) is 5.16. The van der Waals surface area contributed by atoms with Crippen molar-refractivity contribution in [1.29, 1.82) is 0 Å². The van der Waals surface area contributed by atoms with Crippen LogP contribution in [-0.2, 0) is 0 Å². The minimum absolute atomic E-state index is 0.139. The monoisotopic (exact) mass is 235 g/mol. The van der Waals surface area contributed by atoms with Gasteiger partial charge < -0.3 is 10.1 Å². The summed E-state index contributed by atoms with van der Waals surface area (Å²) < 4.78 is 0. The summed E-state index contributed by atoms with van der Waals surface area (Å²) in [5.41, 5.74) is 2.23. The first-order valence-electron chi connectivity index (χ1n) is 4.78. The van der Waals surface area contributed by atoms with Crippen molar-refractivity contribution >= 4 is 17.6 Å². The Kier molecular flexibility index (Phi) is 2.71. The van der Waals surface area contributed by atoms with Crippen molar-refractivity contribution in [1.82, 2.24) is 4.98 Å². The lowest BCUT2D eigenvalue weighted by Gasteiger charge is -1.98. The normalized spacial score (nSPS) is 10.4. The van der Waals surface area contributed by atoms with Crippen molar-refractivity contribution < 1.29 is 9.90 Å². The van der Waals surface area contributed by atoms with E-state index in [4.69, 9.17) is 16.7 Å². The Labute approximate surface area is 97.7 Å². The summed E-state index contributed by atoms with van der Waals surface area (Å²) >= 11 is 6.05. The highest BCUT2D eigenvalue weighted by molar-refractivity contribution is 6.36. The SMILES string of the molecule is Cc1[nH]c(-c2ccccc2)c(Cl)c1C(=O)O. The zero-order valence-electron chi connectivity index (χ0n) is 8.62. The molecule has 0 fully saturated rings. The molecule has 1 heterocycles. The molecule has 0 aliphatic heterocycles. The number of rotatable bonds is 2. The fraction of sp³-hybridized carbons (Fsp3) is 0.0833. The van der Waals surface area contributed by atoms with Crippen LogP contribution in [-0.4, -0.2) is 16.1 Å². The molecule has 2 aromatic rings. The van der Waals surface area contributed by atoms with Crippen LogP contribution >= 0.6 is 11.6 Å². The predicted octanol–water partition coefficient (Wildman–Crippen LogP) is 3.34. The summed E-state index contributed by atoms with van der Waals surface area (Å²) in [6, 6.07) is 9.40. The van der Waals surface area contributed by atoms with Crippen LogP contribution in [0.4, 0.5) is 0 Å². The molecule has 0 saturated heterocycles. The molecule has 0 unspecified atom stereocenters. The van der Waals surface area contributed by atoms with E-state index in [9.17, 15) is 4.79 Å². The molecule has 0 bridgehead atoms. The van der Waals surface area contributed by atoms with E-state index in [2.05, 4.69) is 4.98 Å². The van der Waals surface area contributed by atoms with Gasteiger partial charge in [-0.1, -0.05) is 41.9 Å². The molecule has 4 heteroatoms. The quantitative estimate of drug-likeness (QED) is 0.839. The van der Waals surface area contributed by atoms with Crippen LogP contribution in [0.1, 0.15) is 16.1 Å². The predicted molar refractivity (Wildman–Crippen MR) is 62.9 cm³/mol. The lowest BCUT2D eigenvalue weighted by molar-refractivity contribution is 0.0696. The van der Waals surface area contributed by atoms with Gasteiger partial charge in [-0.25, -0.2) is 4.79 Å². The second kappa shape index (κ2) is 4.02. The van der Waals surface area contributed by atoms with E-state index < -0.39 is 5.97 Å². The van der Waals surface area contributed by atoms with Crippen LogP contribution in [0.15, 0.2) is 30.3 Å². The van der Waals surface area contributed by atoms with Gasteiger partial charge in [-0.15, -0.1) is 0 Å². The summed E-state index contributed by atoms with van der Waals surface area (Å²) in [4.78, 5) is 14.0. The van der Waals surface area contributed by atoms with E-state index in [1.54, 1.807) is 6.92 Å². The first-order chi connectivity index (χ1) is 7.61. The molecule has 1 aromatic heterocycles. The van der Waals surface area contributed by atoms with Gasteiger partial charge in [-0.3, -0.25) is 0 Å². The number of hydrogen-bond acceptors (Lipinski definition) is 1. The molecule has 0 radical (unpaired) electrons. The van der Waals surface area contributed by atoms with Gasteiger partial charge in [0.1, 0.15) is 0 Å². The van der Waals surface area contributed by atoms with Gasteiger partial charge in [0, 0.05) is 5.69 Å². The molecule has 0 atom stereocenters. The van der Waals surface area contributed by atoms with Crippen LogP contribution in [0.3, 0.4) is 0 Å². The number of aromatic amines is 1. The van der Waals surface area contributed by atoms with Crippen LogP contribution in [0.25, 0.3) is 11.3 Å². The van der Waals surface area contributed by atoms with Crippen molar-refractivity contribution in [3.05, 3.63) is 46.6 Å². The summed E-state index contributed by atoms with van der Waals surface area (Å²) in [6.45, 7) is 1.70. The van der Waals surface area contributed by atoms with E-state index in [-0.39, 0.29) is 10.6 Å². The number of carbonyl (C=O) groups is 1. The highest BCUT2D eigenvalue weighted by Crippen LogP contribution is 2.32. The van der Waals surface area contributed by atoms with Gasteiger partial charge in [0.05, 0.1) is 16.3 Å². The number of halogens is 1. The van der Waals surface area contributed by atoms with Crippen molar-refractivity contribution in [3.63, 3.8) is 0 Å². The number of hydrogen-bond donors (Lipinski definition) is 2. The Bertz CT molecular complexity index is 531. The zero-order valence-corrected chi connectivity index (χ0v) is 9.38. The molecule has 16 heavy (non-hydrogen) atoms. The summed E-state index contributed by atoms with van der Waals surface area (Å²) in [5.74, 6) is -1.01. The van der Waals surface area contributed by atoms with Gasteiger partial charge >= 0.3 is 5.97 Å². The Morgan fingerprint density at radius 3 is 2.44 bits per heavy atom. The number of aromatic nitrogens is 1. The third-order valence-electron chi connectivity index (χ3n) is 2.40. The first kappa shape index (κ1) is 10.8. The van der Waals surface area contributed by atoms with Crippen molar-refractivity contribution in [3.8, 4) is 11.3 Å². The molecule has 2 N–H and O–H groups in total. The third kappa shape index (κ3) is 1.70. The molecular formula is C12H10ClNO2. The Morgan fingerprint density at radius 2 is 1.94 bits per heavy atom. The van der Waals surface area contributed by atoms with E-state index in [1.165, 1.54) is 0 Å². The maximum atomic E-state index is 11.0. The zero-order chi connectivity index (χ0) is 11.7. The second-order valence-electron chi connectivity index (χ2n) is 3.49. The molecule has 0 spiro atoms. The molecule has 3 nitrogen and oxygen atoms in total. The van der Waals surface area contributed by atoms with Crippen molar-refractivity contribution in [2.24, 2.45) is 0 Å². The minimum atomic E-state index is -1.01. The number of benzene rings is 1. The fourth-order valence-electron chi connectivity index (χ4n) is 1.65. The number of aromatic carboxylic acids is 1. The third-order valence-corrected chi connectivity index (χ3v) is 2.78. The van der Waals surface area contributed by atoms with Crippen LogP contribution < -0.4 is 0 Å². The number of carboxylic acid groups (broad SMARTS) is 1. The number of aryl methyl sites for hydroxylation is 1. The van der Waals surface area contributed by atoms with Crippen molar-refractivity contribution in [2.45, 2.75) is 6.92 Å². The number of H-pyrrole nitrogens is 1. The molecule has 82 valence electrons. The Hall–Kier alpha value is -1.74. The largest absolute Gasteiger partial charge is 0.478 e. The fourth-order valence-corrected chi connectivity index (χ4v) is 2.03. The van der Waals surface area contributed by atoms with Crippen LogP contribution in [0.5, 0.6) is 0 Å². The van der Waals surface area contributed by atoms with E-state index in [0.29, 0.717) is 11.4 Å². The topological polar surface area (TPSA) is 53.1 Å². The lowest BCUT2D eigenvalue weighted by atomic mass is 10.1. The molecule has 2 rings (SSSR count). The highest BCUT2D eigenvalue weighted by atomic mass is 35.5. The number of carboxylic acids is 1. The Morgan fingerprint density at radius 1 is 1.31 bits per heavy atom. The summed E-state index contributed by atoms with van der Waals surface area (Å²) in [5, 5.41) is 9.26. The lowest BCUT2D eigenvalue weighted by Crippen LogP contribution is -1.97. The van der Waals surface area contributed by atoms with Gasteiger partial charge in [0.2, 0.25) is 0 Å². The van der Waals surface area contributed by atoms with E-state index in [0.717, 1.165) is 5.56 Å². The standard InChI is InChI=1S/C12H10ClNO2/c1-7-9(12(15)16)10(13)11(14-7)8-5-3-2-4-6-8/h2-6,14H,1H3,(H,15,16). The molecule has 0 saturated carbocycles. The Balaban J connectivity index is 2.61. The van der Waals surface area contributed by atoms with Crippen LogP contribution in [0.2, 0.25) is 5.02 Å². The molecule has 0 aliphatic rings. The van der Waals surface area contributed by atoms with Gasteiger partial charge in [0.15, 0.2) is 0 Å². The smallest absolute Gasteiger partial charge is 0.339 e. The van der Waals surface area contributed by atoms with Crippen molar-refractivity contribution in [2.75, 3.05) is 0 Å². The molecular weight excluding hydrogens is 226 g/mol. The van der Waals surface area contributed by atoms with E-state index in [1.807, 2.05) is 30.3 Å². The van der Waals surface area contributed by atoms with Gasteiger partial charge in [-0.05, 0) is 12.5 Å². The van der Waals surface area contributed by atoms with Crippen LogP contribution in [0, 0.1) is 6.92 Å². The number of nitrogens with one attached hydrogen (secondary N) is 1. The minimum Gasteiger partial charge on any atom is -0.478 e. The van der Waals surface area contributed by atoms with Gasteiger partial charge in [-0.2, -0.15) is 0 Å². The van der Waals surface area contributed by atoms with Gasteiger partial charge in [0.25, 0.3) is 0 Å². The molecule has 0 amide bonds. The summed E-state index contributed by atoms with van der Waals surface area (Å²) in [7, 11) is 0. The second-order valence-corrected chi connectivity index (χ2v) is 3.86. The molecule has 0 aliphatic carbocycles. The average molecular weight is 236 g/mol. The van der Waals surface area contributed by atoms with E-state index >= 15 is 0 Å². The average Bonchev–Trinajstić information content (AvgIpc) is 2.55.